The van der Waals surface area contributed by atoms with Crippen molar-refractivity contribution < 1.29 is 18.1 Å². The van der Waals surface area contributed by atoms with E-state index in [0.29, 0.717) is 46.2 Å². The number of aryl methyl sites for hydroxylation is 1. The molecule has 0 amide bonds. The highest BCUT2D eigenvalue weighted by Crippen LogP contribution is 2.41. The molecule has 0 radical (unpaired) electrons. The first-order chi connectivity index (χ1) is 16.5. The van der Waals surface area contributed by atoms with Crippen LogP contribution in [0.3, 0.4) is 0 Å². The standard InChI is InChI=1S/C23H25FN6O3S/c24-16-3-1-14(2-4-16)20-28-29-21(33-20)15-5-10-30(11-6-15)22-25-17-7-12-34(32)18(17)19(26-22)27-23(13-31)8-9-23/h1-4,15,31H,5-13H2,(H,25,26,27). The van der Waals surface area contributed by atoms with Gasteiger partial charge in [-0.25, -0.2) is 9.37 Å². The lowest BCUT2D eigenvalue weighted by atomic mass is 9.97. The molecule has 3 aromatic rings. The average molecular weight is 485 g/mol. The van der Waals surface area contributed by atoms with Crippen molar-refractivity contribution in [2.24, 2.45) is 0 Å². The predicted molar refractivity (Wildman–Crippen MR) is 124 cm³/mol. The summed E-state index contributed by atoms with van der Waals surface area (Å²) in [6.07, 6.45) is 4.03. The normalized spacial score (nSPS) is 21.5. The fourth-order valence-electron chi connectivity index (χ4n) is 4.57. The minimum Gasteiger partial charge on any atom is -0.420 e. The van der Waals surface area contributed by atoms with Crippen molar-refractivity contribution in [2.45, 2.75) is 48.5 Å². The second-order valence-electron chi connectivity index (χ2n) is 9.22. The van der Waals surface area contributed by atoms with Crippen LogP contribution >= 0.6 is 0 Å². The molecule has 9 nitrogen and oxygen atoms in total. The third kappa shape index (κ3) is 3.96. The van der Waals surface area contributed by atoms with Gasteiger partial charge < -0.3 is 19.7 Å². The summed E-state index contributed by atoms with van der Waals surface area (Å²) < 4.78 is 31.6. The smallest absolute Gasteiger partial charge is 0.247 e. The van der Waals surface area contributed by atoms with Gasteiger partial charge in [0.2, 0.25) is 17.7 Å². The van der Waals surface area contributed by atoms with Crippen molar-refractivity contribution in [1.82, 2.24) is 20.2 Å². The Hall–Kier alpha value is -2.92. The van der Waals surface area contributed by atoms with Gasteiger partial charge >= 0.3 is 0 Å². The van der Waals surface area contributed by atoms with Gasteiger partial charge in [-0.15, -0.1) is 10.2 Å². The first-order valence-corrected chi connectivity index (χ1v) is 12.9. The van der Waals surface area contributed by atoms with Gasteiger partial charge in [-0.2, -0.15) is 4.98 Å². The number of hydrogen-bond donors (Lipinski definition) is 2. The number of halogens is 1. The Morgan fingerprint density at radius 1 is 1.18 bits per heavy atom. The fraction of sp³-hybridized carbons (Fsp3) is 0.478. The van der Waals surface area contributed by atoms with Crippen LogP contribution in [0.1, 0.15) is 43.2 Å². The van der Waals surface area contributed by atoms with Crippen molar-refractivity contribution in [2.75, 3.05) is 35.7 Å². The van der Waals surface area contributed by atoms with Crippen molar-refractivity contribution in [3.05, 3.63) is 41.7 Å². The maximum Gasteiger partial charge on any atom is 0.247 e. The van der Waals surface area contributed by atoms with Crippen LogP contribution in [0.5, 0.6) is 0 Å². The summed E-state index contributed by atoms with van der Waals surface area (Å²) in [4.78, 5) is 12.3. The van der Waals surface area contributed by atoms with E-state index >= 15 is 0 Å². The van der Waals surface area contributed by atoms with Crippen molar-refractivity contribution >= 4 is 22.6 Å². The predicted octanol–water partition coefficient (Wildman–Crippen LogP) is 2.65. The van der Waals surface area contributed by atoms with Gasteiger partial charge in [0.1, 0.15) is 16.5 Å². The first-order valence-electron chi connectivity index (χ1n) is 11.6. The number of piperidine rings is 1. The quantitative estimate of drug-likeness (QED) is 0.544. The molecule has 2 aliphatic heterocycles. The molecule has 3 aliphatic rings. The molecule has 2 aromatic heterocycles. The summed E-state index contributed by atoms with van der Waals surface area (Å²) in [5.41, 5.74) is 1.18. The molecule has 1 aromatic carbocycles. The molecule has 178 valence electrons. The molecule has 2 N–H and O–H groups in total. The molecule has 1 atom stereocenters. The Labute approximate surface area is 198 Å². The molecule has 2 fully saturated rings. The molecule has 1 unspecified atom stereocenters. The van der Waals surface area contributed by atoms with Crippen LogP contribution in [0.4, 0.5) is 16.2 Å². The molecule has 1 aliphatic carbocycles. The van der Waals surface area contributed by atoms with E-state index in [0.717, 1.165) is 44.5 Å². The Balaban J connectivity index is 1.18. The van der Waals surface area contributed by atoms with Crippen molar-refractivity contribution in [1.29, 1.82) is 0 Å². The Morgan fingerprint density at radius 2 is 1.94 bits per heavy atom. The summed E-state index contributed by atoms with van der Waals surface area (Å²) in [5, 5.41) is 21.5. The third-order valence-electron chi connectivity index (χ3n) is 6.87. The number of nitrogens with one attached hydrogen (secondary N) is 1. The molecular formula is C23H25FN6O3S. The van der Waals surface area contributed by atoms with E-state index in [1.165, 1.54) is 12.1 Å². The van der Waals surface area contributed by atoms with Crippen molar-refractivity contribution in [3.63, 3.8) is 0 Å². The summed E-state index contributed by atoms with van der Waals surface area (Å²) in [6, 6.07) is 6.00. The monoisotopic (exact) mass is 484 g/mol. The lowest BCUT2D eigenvalue weighted by Gasteiger charge is -2.31. The maximum absolute atomic E-state index is 13.2. The number of benzene rings is 1. The number of aliphatic hydroxyl groups excluding tert-OH is 1. The zero-order valence-electron chi connectivity index (χ0n) is 18.5. The van der Waals surface area contributed by atoms with E-state index in [4.69, 9.17) is 14.4 Å². The number of aromatic nitrogens is 4. The molecule has 11 heteroatoms. The van der Waals surface area contributed by atoms with E-state index in [1.807, 2.05) is 0 Å². The van der Waals surface area contributed by atoms with E-state index in [2.05, 4.69) is 20.4 Å². The topological polar surface area (TPSA) is 117 Å². The van der Waals surface area contributed by atoms with Gasteiger partial charge in [-0.3, -0.25) is 4.21 Å². The summed E-state index contributed by atoms with van der Waals surface area (Å²) >= 11 is 0. The summed E-state index contributed by atoms with van der Waals surface area (Å²) in [5.74, 6) is 2.59. The number of anilines is 2. The minimum atomic E-state index is -1.11. The van der Waals surface area contributed by atoms with Crippen LogP contribution in [-0.4, -0.2) is 60.5 Å². The Morgan fingerprint density at radius 3 is 2.65 bits per heavy atom. The maximum atomic E-state index is 13.2. The lowest BCUT2D eigenvalue weighted by Crippen LogP contribution is -2.35. The first kappa shape index (κ1) is 21.6. The molecule has 1 saturated carbocycles. The fourth-order valence-corrected chi connectivity index (χ4v) is 5.88. The van der Waals surface area contributed by atoms with Gasteiger partial charge in [-0.05, 0) is 49.9 Å². The molecule has 34 heavy (non-hydrogen) atoms. The van der Waals surface area contributed by atoms with E-state index in [-0.39, 0.29) is 23.9 Å². The molecule has 0 spiro atoms. The van der Waals surface area contributed by atoms with E-state index < -0.39 is 10.8 Å². The highest BCUT2D eigenvalue weighted by atomic mass is 32.2. The third-order valence-corrected chi connectivity index (χ3v) is 8.33. The zero-order chi connectivity index (χ0) is 23.3. The number of rotatable bonds is 6. The van der Waals surface area contributed by atoms with Crippen LogP contribution < -0.4 is 10.2 Å². The zero-order valence-corrected chi connectivity index (χ0v) is 19.4. The molecule has 4 heterocycles. The average Bonchev–Trinajstić information content (AvgIpc) is 3.27. The largest absolute Gasteiger partial charge is 0.420 e. The number of fused-ring (bicyclic) bond motifs is 1. The van der Waals surface area contributed by atoms with Gasteiger partial charge in [0.05, 0.1) is 28.6 Å². The van der Waals surface area contributed by atoms with Gasteiger partial charge in [0.15, 0.2) is 0 Å². The number of hydrogen-bond acceptors (Lipinski definition) is 9. The number of aliphatic hydroxyl groups is 1. The van der Waals surface area contributed by atoms with Crippen LogP contribution in [0, 0.1) is 5.82 Å². The van der Waals surface area contributed by atoms with Crippen LogP contribution in [-0.2, 0) is 17.2 Å². The minimum absolute atomic E-state index is 0.0310. The highest BCUT2D eigenvalue weighted by molar-refractivity contribution is 7.85. The molecule has 6 rings (SSSR count). The Bertz CT molecular complexity index is 1240. The van der Waals surface area contributed by atoms with E-state index in [9.17, 15) is 13.7 Å². The second kappa shape index (κ2) is 8.38. The molecule has 1 saturated heterocycles. The SMILES string of the molecule is O=S1CCc2nc(N3CCC(c4nnc(-c5ccc(F)cc5)o4)CC3)nc(NC3(CO)CC3)c21. The highest BCUT2D eigenvalue weighted by Gasteiger charge is 2.44. The molecular weight excluding hydrogens is 459 g/mol. The second-order valence-corrected chi connectivity index (χ2v) is 10.7. The van der Waals surface area contributed by atoms with Crippen LogP contribution in [0.25, 0.3) is 11.5 Å². The summed E-state index contributed by atoms with van der Waals surface area (Å²) in [6.45, 7) is 1.49. The Kier molecular flexibility index (Phi) is 5.33. The van der Waals surface area contributed by atoms with Gasteiger partial charge in [-0.1, -0.05) is 0 Å². The van der Waals surface area contributed by atoms with Gasteiger partial charge in [0, 0.05) is 36.7 Å². The van der Waals surface area contributed by atoms with Gasteiger partial charge in [0.25, 0.3) is 0 Å². The lowest BCUT2D eigenvalue weighted by molar-refractivity contribution is 0.265. The van der Waals surface area contributed by atoms with Crippen LogP contribution in [0.15, 0.2) is 33.6 Å². The summed E-state index contributed by atoms with van der Waals surface area (Å²) in [7, 11) is -1.11. The number of nitrogens with zero attached hydrogens (tertiary/aromatic N) is 5. The van der Waals surface area contributed by atoms with Crippen molar-refractivity contribution in [3.8, 4) is 11.5 Å². The molecule has 0 bridgehead atoms. The van der Waals surface area contributed by atoms with Crippen LogP contribution in [0.2, 0.25) is 0 Å². The van der Waals surface area contributed by atoms with E-state index in [1.54, 1.807) is 12.1 Å².